The van der Waals surface area contributed by atoms with Gasteiger partial charge in [-0.2, -0.15) is 0 Å². The summed E-state index contributed by atoms with van der Waals surface area (Å²) < 4.78 is 8.93. The molecule has 3 amide bonds. The Kier molecular flexibility index (Phi) is 4.79. The van der Waals surface area contributed by atoms with Crippen LogP contribution in [0.15, 0.2) is 32.9 Å². The molecule has 0 saturated heterocycles. The molecule has 0 bridgehead atoms. The van der Waals surface area contributed by atoms with E-state index < -0.39 is 11.9 Å². The average molecular weight is 414 g/mol. The van der Waals surface area contributed by atoms with Crippen LogP contribution in [0.2, 0.25) is 0 Å². The van der Waals surface area contributed by atoms with E-state index in [1.165, 1.54) is 11.3 Å². The Morgan fingerprint density at radius 1 is 1.35 bits per heavy atom. The van der Waals surface area contributed by atoms with Gasteiger partial charge in [0.1, 0.15) is 10.6 Å². The fourth-order valence-electron chi connectivity index (χ4n) is 2.18. The molecule has 0 spiro atoms. The molecule has 1 aliphatic heterocycles. The molecule has 9 heteroatoms. The standard InChI is InChI=1S/C14H12BrN3O3S2/c15-8-1-2-9-7(3-5-21-9)11(8)17-14(20)18-23-10-4-6-22-12(10)13(16)19/h1-2,4,6H,3,5H2,(H2,16,19)(H2,17,18,20). The maximum Gasteiger partial charge on any atom is 0.329 e. The number of primary amides is 1. The minimum absolute atomic E-state index is 0.391. The average Bonchev–Trinajstić information content (AvgIpc) is 3.16. The van der Waals surface area contributed by atoms with Gasteiger partial charge in [0.2, 0.25) is 0 Å². The molecule has 3 rings (SSSR count). The molecule has 2 aromatic rings. The van der Waals surface area contributed by atoms with Crippen LogP contribution in [0, 0.1) is 0 Å². The van der Waals surface area contributed by atoms with Crippen LogP contribution in [0.25, 0.3) is 0 Å². The molecule has 4 N–H and O–H groups in total. The van der Waals surface area contributed by atoms with E-state index in [0.29, 0.717) is 22.1 Å². The van der Waals surface area contributed by atoms with E-state index in [2.05, 4.69) is 26.0 Å². The molecule has 1 aliphatic rings. The van der Waals surface area contributed by atoms with Crippen molar-refractivity contribution in [1.29, 1.82) is 0 Å². The normalized spacial score (nSPS) is 12.4. The zero-order valence-electron chi connectivity index (χ0n) is 11.7. The number of hydrogen-bond acceptors (Lipinski definition) is 5. The van der Waals surface area contributed by atoms with Crippen LogP contribution in [-0.2, 0) is 6.42 Å². The van der Waals surface area contributed by atoms with Gasteiger partial charge in [-0.15, -0.1) is 11.3 Å². The third-order valence-corrected chi connectivity index (χ3v) is 5.74. The van der Waals surface area contributed by atoms with E-state index in [-0.39, 0.29) is 0 Å². The Labute approximate surface area is 149 Å². The van der Waals surface area contributed by atoms with Crippen LogP contribution in [0.5, 0.6) is 5.75 Å². The Morgan fingerprint density at radius 3 is 2.96 bits per heavy atom. The van der Waals surface area contributed by atoms with Gasteiger partial charge in [0.15, 0.2) is 0 Å². The van der Waals surface area contributed by atoms with Crippen molar-refractivity contribution < 1.29 is 14.3 Å². The first-order chi connectivity index (χ1) is 11.1. The van der Waals surface area contributed by atoms with Crippen molar-refractivity contribution in [3.63, 3.8) is 0 Å². The summed E-state index contributed by atoms with van der Waals surface area (Å²) in [7, 11) is 0. The number of carbonyl (C=O) groups excluding carboxylic acids is 2. The van der Waals surface area contributed by atoms with Gasteiger partial charge in [-0.05, 0) is 51.5 Å². The first-order valence-electron chi connectivity index (χ1n) is 6.61. The first kappa shape index (κ1) is 16.2. The summed E-state index contributed by atoms with van der Waals surface area (Å²) in [5.74, 6) is 0.274. The van der Waals surface area contributed by atoms with Gasteiger partial charge in [0, 0.05) is 16.5 Å². The highest BCUT2D eigenvalue weighted by Crippen LogP contribution is 2.37. The molecular weight excluding hydrogens is 402 g/mol. The van der Waals surface area contributed by atoms with Crippen LogP contribution < -0.4 is 20.5 Å². The SMILES string of the molecule is NC(=O)c1sccc1SNC(=O)Nc1c(Br)ccc2c1CCO2. The van der Waals surface area contributed by atoms with Gasteiger partial charge in [-0.25, -0.2) is 4.79 Å². The van der Waals surface area contributed by atoms with Gasteiger partial charge in [0.25, 0.3) is 5.91 Å². The zero-order valence-corrected chi connectivity index (χ0v) is 14.9. The molecule has 1 aromatic heterocycles. The van der Waals surface area contributed by atoms with Gasteiger partial charge >= 0.3 is 6.03 Å². The molecule has 23 heavy (non-hydrogen) atoms. The number of nitrogens with two attached hydrogens (primary N) is 1. The molecule has 0 radical (unpaired) electrons. The van der Waals surface area contributed by atoms with Crippen molar-refractivity contribution in [2.45, 2.75) is 11.3 Å². The maximum absolute atomic E-state index is 12.1. The van der Waals surface area contributed by atoms with E-state index in [0.717, 1.165) is 34.2 Å². The minimum Gasteiger partial charge on any atom is -0.493 e. The number of urea groups is 1. The van der Waals surface area contributed by atoms with Crippen molar-refractivity contribution in [2.24, 2.45) is 5.73 Å². The van der Waals surface area contributed by atoms with Crippen LogP contribution in [0.3, 0.4) is 0 Å². The number of benzene rings is 1. The molecular formula is C14H12BrN3O3S2. The van der Waals surface area contributed by atoms with Gasteiger partial charge in [-0.1, -0.05) is 0 Å². The van der Waals surface area contributed by atoms with Crippen molar-refractivity contribution in [3.8, 4) is 5.75 Å². The fourth-order valence-corrected chi connectivity index (χ4v) is 4.23. The molecule has 0 aliphatic carbocycles. The van der Waals surface area contributed by atoms with E-state index in [1.54, 1.807) is 11.4 Å². The Hall–Kier alpha value is -1.71. The predicted molar refractivity (Wildman–Crippen MR) is 94.2 cm³/mol. The van der Waals surface area contributed by atoms with Crippen LogP contribution >= 0.6 is 39.2 Å². The predicted octanol–water partition coefficient (Wildman–Crippen LogP) is 3.37. The molecule has 1 aromatic carbocycles. The largest absolute Gasteiger partial charge is 0.493 e. The summed E-state index contributed by atoms with van der Waals surface area (Å²) >= 11 is 5.72. The number of halogens is 1. The molecule has 0 unspecified atom stereocenters. The number of rotatable bonds is 4. The molecule has 6 nitrogen and oxygen atoms in total. The third-order valence-electron chi connectivity index (χ3n) is 3.17. The van der Waals surface area contributed by atoms with Crippen molar-refractivity contribution >= 4 is 56.8 Å². The highest BCUT2D eigenvalue weighted by molar-refractivity contribution is 9.10. The van der Waals surface area contributed by atoms with Crippen molar-refractivity contribution in [1.82, 2.24) is 4.72 Å². The van der Waals surface area contributed by atoms with E-state index in [4.69, 9.17) is 10.5 Å². The van der Waals surface area contributed by atoms with Crippen molar-refractivity contribution in [2.75, 3.05) is 11.9 Å². The zero-order chi connectivity index (χ0) is 16.4. The summed E-state index contributed by atoms with van der Waals surface area (Å²) in [5, 5.41) is 4.56. The Balaban J connectivity index is 1.68. The molecule has 120 valence electrons. The van der Waals surface area contributed by atoms with Gasteiger partial charge in [-0.3, -0.25) is 9.52 Å². The summed E-state index contributed by atoms with van der Waals surface area (Å²) in [6.07, 6.45) is 0.744. The molecule has 2 heterocycles. The number of thiophene rings is 1. The van der Waals surface area contributed by atoms with Gasteiger partial charge < -0.3 is 15.8 Å². The lowest BCUT2D eigenvalue weighted by Crippen LogP contribution is -2.24. The second kappa shape index (κ2) is 6.81. The van der Waals surface area contributed by atoms with E-state index in [9.17, 15) is 9.59 Å². The number of fused-ring (bicyclic) bond motifs is 1. The number of anilines is 1. The monoisotopic (exact) mass is 413 g/mol. The Bertz CT molecular complexity index is 779. The summed E-state index contributed by atoms with van der Waals surface area (Å²) in [5.41, 5.74) is 6.94. The molecule has 0 saturated carbocycles. The topological polar surface area (TPSA) is 93.5 Å². The van der Waals surface area contributed by atoms with Gasteiger partial charge in [0.05, 0.1) is 17.2 Å². The first-order valence-corrected chi connectivity index (χ1v) is 9.10. The second-order valence-electron chi connectivity index (χ2n) is 4.63. The number of ether oxygens (including phenoxy) is 1. The number of carbonyl (C=O) groups is 2. The lowest BCUT2D eigenvalue weighted by atomic mass is 10.1. The van der Waals surface area contributed by atoms with Crippen LogP contribution in [0.4, 0.5) is 10.5 Å². The summed E-state index contributed by atoms with van der Waals surface area (Å²) in [6.45, 7) is 0.605. The van der Waals surface area contributed by atoms with Crippen molar-refractivity contribution in [3.05, 3.63) is 38.5 Å². The molecule has 0 atom stereocenters. The quantitative estimate of drug-likeness (QED) is 0.669. The number of hydrogen-bond donors (Lipinski definition) is 3. The smallest absolute Gasteiger partial charge is 0.329 e. The lowest BCUT2D eigenvalue weighted by Gasteiger charge is -2.12. The van der Waals surface area contributed by atoms with E-state index >= 15 is 0 Å². The number of amides is 3. The fraction of sp³-hybridized carbons (Fsp3) is 0.143. The molecule has 0 fully saturated rings. The lowest BCUT2D eigenvalue weighted by molar-refractivity contribution is 0.100. The maximum atomic E-state index is 12.1. The van der Waals surface area contributed by atoms with Crippen LogP contribution in [-0.4, -0.2) is 18.5 Å². The minimum atomic E-state index is -0.509. The third kappa shape index (κ3) is 3.46. The highest BCUT2D eigenvalue weighted by Gasteiger charge is 2.20. The summed E-state index contributed by atoms with van der Waals surface area (Å²) in [4.78, 5) is 24.4. The van der Waals surface area contributed by atoms with Crippen LogP contribution in [0.1, 0.15) is 15.2 Å². The Morgan fingerprint density at radius 2 is 2.17 bits per heavy atom. The summed E-state index contributed by atoms with van der Waals surface area (Å²) in [6, 6.07) is 5.04. The number of nitrogens with one attached hydrogen (secondary N) is 2. The van der Waals surface area contributed by atoms with E-state index in [1.807, 2.05) is 12.1 Å². The second-order valence-corrected chi connectivity index (χ2v) is 7.25. The highest BCUT2D eigenvalue weighted by atomic mass is 79.9.